The molecule has 4 aromatic rings. The Hall–Kier alpha value is -4.99. The van der Waals surface area contributed by atoms with E-state index in [1.165, 1.54) is 12.3 Å². The normalized spacial score (nSPS) is 10.3. The lowest BCUT2D eigenvalue weighted by Crippen LogP contribution is -2.14. The number of carbonyl (C=O) groups excluding carboxylic acids is 2. The molecule has 2 amide bonds. The summed E-state index contributed by atoms with van der Waals surface area (Å²) < 4.78 is 1.65. The highest BCUT2D eigenvalue weighted by Crippen LogP contribution is 2.27. The molecule has 0 aliphatic carbocycles. The molecule has 4 rings (SSSR count). The number of rotatable bonds is 8. The summed E-state index contributed by atoms with van der Waals surface area (Å²) in [4.78, 5) is 33.2. The quantitative estimate of drug-likeness (QED) is 0.296. The Labute approximate surface area is 195 Å². The molecule has 2 heterocycles. The molecule has 2 aromatic carbocycles. The van der Waals surface area contributed by atoms with Crippen molar-refractivity contribution < 1.29 is 9.59 Å². The van der Waals surface area contributed by atoms with Crippen LogP contribution in [-0.4, -0.2) is 31.6 Å². The van der Waals surface area contributed by atoms with Gasteiger partial charge in [-0.25, -0.2) is 4.98 Å². The van der Waals surface area contributed by atoms with E-state index < -0.39 is 0 Å². The second kappa shape index (κ2) is 10.1. The maximum atomic E-state index is 12.7. The molecule has 0 aliphatic heterocycles. The third-order valence-electron chi connectivity index (χ3n) is 4.61. The molecular weight excluding hydrogens is 432 g/mol. The maximum Gasteiger partial charge on any atom is 0.255 e. The number of nitrogens with zero attached hydrogens (tertiary/aromatic N) is 4. The Kier molecular flexibility index (Phi) is 6.59. The molecule has 0 spiro atoms. The first-order valence-electron chi connectivity index (χ1n) is 10.3. The zero-order chi connectivity index (χ0) is 23.9. The first-order chi connectivity index (χ1) is 16.5. The second-order valence-corrected chi connectivity index (χ2v) is 7.20. The van der Waals surface area contributed by atoms with Gasteiger partial charge in [0.25, 0.3) is 5.91 Å². The third-order valence-corrected chi connectivity index (χ3v) is 4.61. The van der Waals surface area contributed by atoms with Crippen LogP contribution >= 0.6 is 0 Å². The number of benzene rings is 2. The summed E-state index contributed by atoms with van der Waals surface area (Å²) in [6.07, 6.45) is 6.14. The van der Waals surface area contributed by atoms with Gasteiger partial charge in [0, 0.05) is 30.2 Å². The molecule has 4 N–H and O–H groups in total. The summed E-state index contributed by atoms with van der Waals surface area (Å²) >= 11 is 0. The molecule has 0 fully saturated rings. The van der Waals surface area contributed by atoms with Crippen molar-refractivity contribution in [3.8, 4) is 0 Å². The van der Waals surface area contributed by atoms with Crippen molar-refractivity contribution in [1.82, 2.24) is 19.7 Å². The largest absolute Gasteiger partial charge is 0.338 e. The summed E-state index contributed by atoms with van der Waals surface area (Å²) in [6.45, 7) is 3.46. The number of aryl methyl sites for hydroxylation is 1. The van der Waals surface area contributed by atoms with Gasteiger partial charge < -0.3 is 21.3 Å². The zero-order valence-corrected chi connectivity index (χ0v) is 18.3. The summed E-state index contributed by atoms with van der Waals surface area (Å²) in [5.41, 5.74) is 2.81. The van der Waals surface area contributed by atoms with E-state index >= 15 is 0 Å². The van der Waals surface area contributed by atoms with E-state index in [1.54, 1.807) is 66.6 Å². The van der Waals surface area contributed by atoms with Crippen molar-refractivity contribution in [2.24, 2.45) is 7.05 Å². The molecule has 0 saturated carbocycles. The van der Waals surface area contributed by atoms with Crippen LogP contribution in [0.1, 0.15) is 10.4 Å². The Morgan fingerprint density at radius 3 is 2.47 bits per heavy atom. The lowest BCUT2D eigenvalue weighted by Gasteiger charge is -2.14. The van der Waals surface area contributed by atoms with Crippen molar-refractivity contribution >= 4 is 46.3 Å². The van der Waals surface area contributed by atoms with Gasteiger partial charge >= 0.3 is 0 Å². The van der Waals surface area contributed by atoms with Crippen LogP contribution in [0.25, 0.3) is 0 Å². The van der Waals surface area contributed by atoms with Crippen LogP contribution in [0.3, 0.4) is 0 Å². The molecule has 0 aliphatic rings. The van der Waals surface area contributed by atoms with E-state index in [-0.39, 0.29) is 11.8 Å². The summed E-state index contributed by atoms with van der Waals surface area (Å²) in [7, 11) is 1.80. The number of hydrogen-bond donors (Lipinski definition) is 4. The summed E-state index contributed by atoms with van der Waals surface area (Å²) in [5.74, 6) is 0.0485. The fourth-order valence-corrected chi connectivity index (χ4v) is 3.03. The SMILES string of the molecule is C=CC(=O)Nc1cccc(Nc2nc(Nc3cnn(C)c3)ncc2NC(=O)c2ccccc2)c1. The standard InChI is InChI=1S/C24H22N8O2/c1-3-21(33)27-17-10-7-11-18(12-17)28-22-20(30-23(34)16-8-5-4-6-9-16)14-25-24(31-22)29-19-13-26-32(2)15-19/h3-15H,1H2,2H3,(H,27,33)(H,30,34)(H2,25,28,29,31). The Morgan fingerprint density at radius 1 is 0.941 bits per heavy atom. The highest BCUT2D eigenvalue weighted by atomic mass is 16.2. The number of hydrogen-bond acceptors (Lipinski definition) is 7. The third kappa shape index (κ3) is 5.62. The Morgan fingerprint density at radius 2 is 1.74 bits per heavy atom. The lowest BCUT2D eigenvalue weighted by molar-refractivity contribution is -0.111. The fraction of sp³-hybridized carbons (Fsp3) is 0.0417. The van der Waals surface area contributed by atoms with Crippen molar-refractivity contribution in [2.75, 3.05) is 21.3 Å². The second-order valence-electron chi connectivity index (χ2n) is 7.20. The number of nitrogens with one attached hydrogen (secondary N) is 4. The van der Waals surface area contributed by atoms with Crippen LogP contribution in [0.5, 0.6) is 0 Å². The van der Waals surface area contributed by atoms with Crippen LogP contribution in [0.2, 0.25) is 0 Å². The van der Waals surface area contributed by atoms with Crippen molar-refractivity contribution in [3.05, 3.63) is 91.4 Å². The van der Waals surface area contributed by atoms with E-state index in [2.05, 4.69) is 42.9 Å². The van der Waals surface area contributed by atoms with E-state index in [4.69, 9.17) is 0 Å². The molecule has 0 unspecified atom stereocenters. The first-order valence-corrected chi connectivity index (χ1v) is 10.3. The first kappa shape index (κ1) is 22.2. The number of aromatic nitrogens is 4. The van der Waals surface area contributed by atoms with E-state index in [9.17, 15) is 9.59 Å². The minimum atomic E-state index is -0.321. The fourth-order valence-electron chi connectivity index (χ4n) is 3.03. The minimum absolute atomic E-state index is 0.299. The van der Waals surface area contributed by atoms with Crippen LogP contribution in [0.4, 0.5) is 34.5 Å². The molecule has 10 nitrogen and oxygen atoms in total. The van der Waals surface area contributed by atoms with Crippen LogP contribution in [-0.2, 0) is 11.8 Å². The van der Waals surface area contributed by atoms with Gasteiger partial charge in [0.1, 0.15) is 5.69 Å². The van der Waals surface area contributed by atoms with E-state index in [1.807, 2.05) is 12.1 Å². The van der Waals surface area contributed by atoms with E-state index in [0.717, 1.165) is 0 Å². The van der Waals surface area contributed by atoms with Gasteiger partial charge in [-0.15, -0.1) is 0 Å². The monoisotopic (exact) mass is 454 g/mol. The molecule has 0 bridgehead atoms. The Bertz CT molecular complexity index is 1330. The van der Waals surface area contributed by atoms with Gasteiger partial charge in [0.15, 0.2) is 5.82 Å². The van der Waals surface area contributed by atoms with Gasteiger partial charge in [-0.3, -0.25) is 14.3 Å². The lowest BCUT2D eigenvalue weighted by atomic mass is 10.2. The molecule has 10 heteroatoms. The highest BCUT2D eigenvalue weighted by Gasteiger charge is 2.13. The average molecular weight is 454 g/mol. The van der Waals surface area contributed by atoms with Gasteiger partial charge in [0.05, 0.1) is 18.1 Å². The van der Waals surface area contributed by atoms with Crippen molar-refractivity contribution in [3.63, 3.8) is 0 Å². The van der Waals surface area contributed by atoms with Crippen LogP contribution in [0, 0.1) is 0 Å². The van der Waals surface area contributed by atoms with E-state index in [0.29, 0.717) is 40.1 Å². The predicted molar refractivity (Wildman–Crippen MR) is 131 cm³/mol. The van der Waals surface area contributed by atoms with Gasteiger partial charge in [-0.2, -0.15) is 10.1 Å². The predicted octanol–water partition coefficient (Wildman–Crippen LogP) is 4.07. The topological polar surface area (TPSA) is 126 Å². The molecule has 34 heavy (non-hydrogen) atoms. The Balaban J connectivity index is 1.63. The molecule has 2 aromatic heterocycles. The maximum absolute atomic E-state index is 12.7. The van der Waals surface area contributed by atoms with Crippen LogP contribution in [0.15, 0.2) is 85.8 Å². The van der Waals surface area contributed by atoms with Crippen molar-refractivity contribution in [2.45, 2.75) is 0 Å². The number of amides is 2. The zero-order valence-electron chi connectivity index (χ0n) is 18.3. The summed E-state index contributed by atoms with van der Waals surface area (Å²) in [6, 6.07) is 15.9. The number of carbonyl (C=O) groups is 2. The smallest absolute Gasteiger partial charge is 0.255 e. The molecule has 170 valence electrons. The van der Waals surface area contributed by atoms with Crippen molar-refractivity contribution in [1.29, 1.82) is 0 Å². The van der Waals surface area contributed by atoms with Crippen LogP contribution < -0.4 is 21.3 Å². The molecular formula is C24H22N8O2. The van der Waals surface area contributed by atoms with Gasteiger partial charge in [0.2, 0.25) is 11.9 Å². The highest BCUT2D eigenvalue weighted by molar-refractivity contribution is 6.05. The van der Waals surface area contributed by atoms with Gasteiger partial charge in [-0.05, 0) is 36.4 Å². The summed E-state index contributed by atoms with van der Waals surface area (Å²) in [5, 5.41) is 15.9. The molecule has 0 atom stereocenters. The minimum Gasteiger partial charge on any atom is -0.338 e. The molecule has 0 radical (unpaired) electrons. The van der Waals surface area contributed by atoms with Gasteiger partial charge in [-0.1, -0.05) is 30.8 Å². The average Bonchev–Trinajstić information content (AvgIpc) is 3.25. The number of anilines is 6. The molecule has 0 saturated heterocycles.